The fraction of sp³-hybridized carbons (Fsp3) is 0.227. The van der Waals surface area contributed by atoms with E-state index in [1.165, 1.54) is 0 Å². The van der Waals surface area contributed by atoms with E-state index in [9.17, 15) is 9.59 Å². The minimum absolute atomic E-state index is 0.228. The van der Waals surface area contributed by atoms with Gasteiger partial charge in [0.15, 0.2) is 0 Å². The standard InChI is InChI=1S/C22H21N3O3/c1-14-11-16-5-3-4-6-20(16)25(13-14)21(26)19-12-18(23-22(27)24-19)15-7-9-17(28-2)10-8-15/h3-10,12,14H,11,13H2,1-2H3,(H,23,24,27). The fourth-order valence-electron chi connectivity index (χ4n) is 3.62. The van der Waals surface area contributed by atoms with Crippen LogP contribution in [-0.4, -0.2) is 29.5 Å². The molecule has 1 aliphatic rings. The summed E-state index contributed by atoms with van der Waals surface area (Å²) in [5.41, 5.74) is 2.92. The molecule has 1 aliphatic heterocycles. The number of aromatic amines is 1. The molecule has 0 saturated heterocycles. The van der Waals surface area contributed by atoms with Gasteiger partial charge in [-0.05, 0) is 54.3 Å². The number of hydrogen-bond acceptors (Lipinski definition) is 4. The first-order valence-corrected chi connectivity index (χ1v) is 9.20. The van der Waals surface area contributed by atoms with E-state index in [1.807, 2.05) is 36.4 Å². The van der Waals surface area contributed by atoms with E-state index in [0.717, 1.165) is 23.2 Å². The molecule has 3 aromatic rings. The Labute approximate surface area is 162 Å². The topological polar surface area (TPSA) is 75.3 Å². The average molecular weight is 375 g/mol. The van der Waals surface area contributed by atoms with E-state index < -0.39 is 5.69 Å². The number of rotatable bonds is 3. The van der Waals surface area contributed by atoms with Crippen LogP contribution in [0, 0.1) is 5.92 Å². The molecule has 1 amide bonds. The number of nitrogens with one attached hydrogen (secondary N) is 1. The van der Waals surface area contributed by atoms with Crippen LogP contribution in [0.1, 0.15) is 23.0 Å². The summed E-state index contributed by atoms with van der Waals surface area (Å²) in [7, 11) is 1.59. The third kappa shape index (κ3) is 3.41. The third-order valence-corrected chi connectivity index (χ3v) is 4.95. The highest BCUT2D eigenvalue weighted by atomic mass is 16.5. The second kappa shape index (κ2) is 7.31. The SMILES string of the molecule is COc1ccc(-c2cc(C(=O)N3CC(C)Cc4ccccc43)[nH]c(=O)n2)cc1. The van der Waals surface area contributed by atoms with Crippen molar-refractivity contribution in [2.24, 2.45) is 5.92 Å². The van der Waals surface area contributed by atoms with E-state index in [1.54, 1.807) is 30.2 Å². The Morgan fingerprint density at radius 3 is 2.68 bits per heavy atom. The first-order chi connectivity index (χ1) is 13.5. The van der Waals surface area contributed by atoms with Crippen LogP contribution >= 0.6 is 0 Å². The summed E-state index contributed by atoms with van der Waals surface area (Å²) >= 11 is 0. The molecule has 0 radical (unpaired) electrons. The molecule has 1 N–H and O–H groups in total. The van der Waals surface area contributed by atoms with Gasteiger partial charge in [0.2, 0.25) is 0 Å². The van der Waals surface area contributed by atoms with Gasteiger partial charge in [-0.25, -0.2) is 4.79 Å². The molecule has 0 fully saturated rings. The van der Waals surface area contributed by atoms with Crippen LogP contribution in [0.25, 0.3) is 11.3 Å². The van der Waals surface area contributed by atoms with Crippen molar-refractivity contribution in [2.75, 3.05) is 18.6 Å². The molecule has 6 nitrogen and oxygen atoms in total. The van der Waals surface area contributed by atoms with E-state index in [2.05, 4.69) is 16.9 Å². The molecule has 1 atom stereocenters. The van der Waals surface area contributed by atoms with Crippen molar-refractivity contribution in [1.29, 1.82) is 0 Å². The molecule has 4 rings (SSSR count). The highest BCUT2D eigenvalue weighted by molar-refractivity contribution is 6.06. The third-order valence-electron chi connectivity index (χ3n) is 4.95. The average Bonchev–Trinajstić information content (AvgIpc) is 2.72. The van der Waals surface area contributed by atoms with Gasteiger partial charge in [-0.1, -0.05) is 25.1 Å². The maximum Gasteiger partial charge on any atom is 0.346 e. The molecule has 0 bridgehead atoms. The number of aromatic nitrogens is 2. The second-order valence-electron chi connectivity index (χ2n) is 7.07. The quantitative estimate of drug-likeness (QED) is 0.762. The largest absolute Gasteiger partial charge is 0.497 e. The summed E-state index contributed by atoms with van der Waals surface area (Å²) in [5, 5.41) is 0. The summed E-state index contributed by atoms with van der Waals surface area (Å²) in [6.07, 6.45) is 0.934. The van der Waals surface area contributed by atoms with Gasteiger partial charge in [0, 0.05) is 17.8 Å². The Morgan fingerprint density at radius 2 is 1.93 bits per heavy atom. The first-order valence-electron chi connectivity index (χ1n) is 9.20. The van der Waals surface area contributed by atoms with Crippen molar-refractivity contribution >= 4 is 11.6 Å². The first kappa shape index (κ1) is 18.0. The van der Waals surface area contributed by atoms with Gasteiger partial charge < -0.3 is 14.6 Å². The summed E-state index contributed by atoms with van der Waals surface area (Å²) in [5.74, 6) is 0.825. The van der Waals surface area contributed by atoms with Crippen molar-refractivity contribution in [3.05, 3.63) is 76.3 Å². The van der Waals surface area contributed by atoms with Crippen molar-refractivity contribution < 1.29 is 9.53 Å². The number of H-pyrrole nitrogens is 1. The number of nitrogens with zero attached hydrogens (tertiary/aromatic N) is 2. The molecule has 6 heteroatoms. The van der Waals surface area contributed by atoms with Crippen LogP contribution in [0.15, 0.2) is 59.4 Å². The summed E-state index contributed by atoms with van der Waals surface area (Å²) in [6.45, 7) is 2.73. The fourth-order valence-corrected chi connectivity index (χ4v) is 3.62. The van der Waals surface area contributed by atoms with E-state index in [4.69, 9.17) is 4.74 Å². The van der Waals surface area contributed by atoms with Crippen LogP contribution in [0.4, 0.5) is 5.69 Å². The maximum absolute atomic E-state index is 13.3. The molecule has 1 aromatic heterocycles. The predicted octanol–water partition coefficient (Wildman–Crippen LogP) is 3.28. The lowest BCUT2D eigenvalue weighted by atomic mass is 9.93. The number of methoxy groups -OCH3 is 1. The maximum atomic E-state index is 13.3. The minimum Gasteiger partial charge on any atom is -0.497 e. The Hall–Kier alpha value is -3.41. The van der Waals surface area contributed by atoms with Crippen LogP contribution < -0.4 is 15.3 Å². The van der Waals surface area contributed by atoms with Gasteiger partial charge in [-0.2, -0.15) is 4.98 Å². The van der Waals surface area contributed by atoms with Crippen LogP contribution in [-0.2, 0) is 6.42 Å². The number of hydrogen-bond donors (Lipinski definition) is 1. The Bertz CT molecular complexity index is 1070. The Morgan fingerprint density at radius 1 is 1.18 bits per heavy atom. The van der Waals surface area contributed by atoms with Crippen LogP contribution in [0.5, 0.6) is 5.75 Å². The molecule has 2 heterocycles. The number of para-hydroxylation sites is 1. The second-order valence-corrected chi connectivity index (χ2v) is 7.07. The Kier molecular flexibility index (Phi) is 4.69. The number of amides is 1. The van der Waals surface area contributed by atoms with Gasteiger partial charge >= 0.3 is 5.69 Å². The lowest BCUT2D eigenvalue weighted by molar-refractivity contribution is 0.0975. The summed E-state index contributed by atoms with van der Waals surface area (Å²) in [6, 6.07) is 16.7. The van der Waals surface area contributed by atoms with Crippen LogP contribution in [0.3, 0.4) is 0 Å². The molecule has 0 aliphatic carbocycles. The zero-order valence-corrected chi connectivity index (χ0v) is 15.8. The van der Waals surface area contributed by atoms with Gasteiger partial charge in [-0.3, -0.25) is 4.79 Å². The molecule has 142 valence electrons. The van der Waals surface area contributed by atoms with Gasteiger partial charge in [0.1, 0.15) is 11.4 Å². The lowest BCUT2D eigenvalue weighted by Crippen LogP contribution is -2.40. The smallest absolute Gasteiger partial charge is 0.346 e. The summed E-state index contributed by atoms with van der Waals surface area (Å²) < 4.78 is 5.16. The van der Waals surface area contributed by atoms with Crippen molar-refractivity contribution in [3.63, 3.8) is 0 Å². The molecule has 28 heavy (non-hydrogen) atoms. The van der Waals surface area contributed by atoms with E-state index in [0.29, 0.717) is 23.9 Å². The zero-order chi connectivity index (χ0) is 19.7. The molecular weight excluding hydrogens is 354 g/mol. The molecule has 2 aromatic carbocycles. The molecular formula is C22H21N3O3. The van der Waals surface area contributed by atoms with Gasteiger partial charge in [-0.15, -0.1) is 0 Å². The monoisotopic (exact) mass is 375 g/mol. The van der Waals surface area contributed by atoms with Crippen LogP contribution in [0.2, 0.25) is 0 Å². The molecule has 1 unspecified atom stereocenters. The number of fused-ring (bicyclic) bond motifs is 1. The minimum atomic E-state index is -0.546. The number of anilines is 1. The van der Waals surface area contributed by atoms with Crippen molar-refractivity contribution in [3.8, 4) is 17.0 Å². The number of carbonyl (C=O) groups excluding carboxylic acids is 1. The highest BCUT2D eigenvalue weighted by Crippen LogP contribution is 2.30. The highest BCUT2D eigenvalue weighted by Gasteiger charge is 2.27. The number of ether oxygens (including phenoxy) is 1. The number of carbonyl (C=O) groups is 1. The Balaban J connectivity index is 1.72. The normalized spacial score (nSPS) is 15.8. The van der Waals surface area contributed by atoms with Crippen molar-refractivity contribution in [2.45, 2.75) is 13.3 Å². The zero-order valence-electron chi connectivity index (χ0n) is 15.8. The van der Waals surface area contributed by atoms with E-state index in [-0.39, 0.29) is 11.6 Å². The van der Waals surface area contributed by atoms with E-state index >= 15 is 0 Å². The predicted molar refractivity (Wildman–Crippen MR) is 108 cm³/mol. The summed E-state index contributed by atoms with van der Waals surface area (Å²) in [4.78, 5) is 33.8. The number of benzene rings is 2. The van der Waals surface area contributed by atoms with Gasteiger partial charge in [0.05, 0.1) is 12.8 Å². The molecule has 0 spiro atoms. The lowest BCUT2D eigenvalue weighted by Gasteiger charge is -2.33. The van der Waals surface area contributed by atoms with Crippen molar-refractivity contribution in [1.82, 2.24) is 9.97 Å². The molecule has 0 saturated carbocycles. The van der Waals surface area contributed by atoms with Gasteiger partial charge in [0.25, 0.3) is 5.91 Å².